The Kier molecular flexibility index (Phi) is 7.63. The van der Waals surface area contributed by atoms with Crippen LogP contribution in [0.1, 0.15) is 20.8 Å². The van der Waals surface area contributed by atoms with E-state index in [0.29, 0.717) is 26.4 Å². The van der Waals surface area contributed by atoms with Gasteiger partial charge < -0.3 is 14.2 Å². The number of hydrogen-bond donors (Lipinski definition) is 0. The van der Waals surface area contributed by atoms with Crippen molar-refractivity contribution in [1.29, 1.82) is 0 Å². The van der Waals surface area contributed by atoms with Crippen LogP contribution in [-0.4, -0.2) is 38.5 Å². The monoisotopic (exact) mass is 190 g/mol. The summed E-state index contributed by atoms with van der Waals surface area (Å²) in [5.74, 6) is -0.276. The fourth-order valence-corrected chi connectivity index (χ4v) is 0.689. The van der Waals surface area contributed by atoms with Crippen LogP contribution in [0.15, 0.2) is 0 Å². The van der Waals surface area contributed by atoms with Crippen LogP contribution in [0.25, 0.3) is 0 Å². The molecular formula is C9H18O4. The molecule has 0 aliphatic heterocycles. The third-order valence-electron chi connectivity index (χ3n) is 1.21. The van der Waals surface area contributed by atoms with Crippen molar-refractivity contribution in [2.75, 3.05) is 26.4 Å². The standard InChI is InChI=1S/C9H18O4/c1-8(2)12-6-4-11-5-7-13-9(3)10/h8H,4-7H2,1-3H3. The number of esters is 1. The van der Waals surface area contributed by atoms with Crippen molar-refractivity contribution in [3.8, 4) is 0 Å². The lowest BCUT2D eigenvalue weighted by Crippen LogP contribution is -2.13. The SMILES string of the molecule is CC(=O)OCCOCCOC(C)C. The second kappa shape index (κ2) is 8.01. The van der Waals surface area contributed by atoms with Crippen LogP contribution in [-0.2, 0) is 19.0 Å². The van der Waals surface area contributed by atoms with Crippen LogP contribution in [0.5, 0.6) is 0 Å². The Bertz CT molecular complexity index is 134. The Morgan fingerprint density at radius 1 is 1.15 bits per heavy atom. The Hall–Kier alpha value is -0.610. The molecule has 0 amide bonds. The Balaban J connectivity index is 2.96. The molecule has 0 spiro atoms. The van der Waals surface area contributed by atoms with Gasteiger partial charge in [-0.2, -0.15) is 0 Å². The van der Waals surface area contributed by atoms with E-state index < -0.39 is 0 Å². The average molecular weight is 190 g/mol. The molecule has 0 saturated heterocycles. The molecule has 0 aliphatic rings. The average Bonchev–Trinajstić information content (AvgIpc) is 2.01. The highest BCUT2D eigenvalue weighted by atomic mass is 16.6. The summed E-state index contributed by atoms with van der Waals surface area (Å²) < 4.78 is 15.0. The second-order valence-electron chi connectivity index (χ2n) is 2.87. The molecule has 0 bridgehead atoms. The molecule has 13 heavy (non-hydrogen) atoms. The van der Waals surface area contributed by atoms with Crippen molar-refractivity contribution < 1.29 is 19.0 Å². The lowest BCUT2D eigenvalue weighted by atomic mass is 10.5. The maximum absolute atomic E-state index is 10.3. The van der Waals surface area contributed by atoms with E-state index in [4.69, 9.17) is 9.47 Å². The first-order valence-electron chi connectivity index (χ1n) is 4.45. The number of carbonyl (C=O) groups is 1. The van der Waals surface area contributed by atoms with Crippen molar-refractivity contribution in [3.63, 3.8) is 0 Å². The zero-order valence-corrected chi connectivity index (χ0v) is 8.54. The molecule has 0 rings (SSSR count). The molecule has 0 unspecified atom stereocenters. The third kappa shape index (κ3) is 11.4. The van der Waals surface area contributed by atoms with E-state index in [1.54, 1.807) is 0 Å². The van der Waals surface area contributed by atoms with Gasteiger partial charge in [-0.3, -0.25) is 4.79 Å². The molecule has 0 heterocycles. The maximum Gasteiger partial charge on any atom is 0.302 e. The van der Waals surface area contributed by atoms with Gasteiger partial charge in [0.15, 0.2) is 0 Å². The van der Waals surface area contributed by atoms with Gasteiger partial charge in [-0.1, -0.05) is 0 Å². The van der Waals surface area contributed by atoms with Gasteiger partial charge in [0.1, 0.15) is 6.61 Å². The zero-order valence-electron chi connectivity index (χ0n) is 8.54. The van der Waals surface area contributed by atoms with Crippen LogP contribution in [0.2, 0.25) is 0 Å². The van der Waals surface area contributed by atoms with Crippen LogP contribution in [0.4, 0.5) is 0 Å². The first-order valence-corrected chi connectivity index (χ1v) is 4.45. The van der Waals surface area contributed by atoms with Crippen molar-refractivity contribution in [3.05, 3.63) is 0 Å². The fourth-order valence-electron chi connectivity index (χ4n) is 0.689. The van der Waals surface area contributed by atoms with Gasteiger partial charge in [0.05, 0.1) is 25.9 Å². The van der Waals surface area contributed by atoms with Crippen LogP contribution in [0.3, 0.4) is 0 Å². The van der Waals surface area contributed by atoms with Crippen LogP contribution < -0.4 is 0 Å². The van der Waals surface area contributed by atoms with E-state index in [0.717, 1.165) is 0 Å². The van der Waals surface area contributed by atoms with Crippen molar-refractivity contribution in [1.82, 2.24) is 0 Å². The molecule has 4 nitrogen and oxygen atoms in total. The third-order valence-corrected chi connectivity index (χ3v) is 1.21. The first-order chi connectivity index (χ1) is 6.13. The highest BCUT2D eigenvalue weighted by molar-refractivity contribution is 5.65. The van der Waals surface area contributed by atoms with Gasteiger partial charge in [-0.25, -0.2) is 0 Å². The normalized spacial score (nSPS) is 10.5. The second-order valence-corrected chi connectivity index (χ2v) is 2.87. The molecule has 4 heteroatoms. The molecule has 0 radical (unpaired) electrons. The zero-order chi connectivity index (χ0) is 10.1. The number of rotatable bonds is 7. The first kappa shape index (κ1) is 12.4. The molecular weight excluding hydrogens is 172 g/mol. The van der Waals surface area contributed by atoms with E-state index in [9.17, 15) is 4.79 Å². The van der Waals surface area contributed by atoms with Crippen LogP contribution >= 0.6 is 0 Å². The predicted octanol–water partition coefficient (Wildman–Crippen LogP) is 0.991. The largest absolute Gasteiger partial charge is 0.463 e. The van der Waals surface area contributed by atoms with Gasteiger partial charge in [0, 0.05) is 6.92 Å². The molecule has 0 saturated carbocycles. The smallest absolute Gasteiger partial charge is 0.302 e. The van der Waals surface area contributed by atoms with Crippen LogP contribution in [0, 0.1) is 0 Å². The van der Waals surface area contributed by atoms with E-state index in [1.165, 1.54) is 6.92 Å². The van der Waals surface area contributed by atoms with Gasteiger partial charge in [0.2, 0.25) is 0 Å². The van der Waals surface area contributed by atoms with Gasteiger partial charge in [-0.15, -0.1) is 0 Å². The topological polar surface area (TPSA) is 44.8 Å². The van der Waals surface area contributed by atoms with E-state index >= 15 is 0 Å². The lowest BCUT2D eigenvalue weighted by Gasteiger charge is -2.07. The van der Waals surface area contributed by atoms with E-state index in [1.807, 2.05) is 13.8 Å². The minimum atomic E-state index is -0.276. The summed E-state index contributed by atoms with van der Waals surface area (Å²) in [7, 11) is 0. The number of hydrogen-bond acceptors (Lipinski definition) is 4. The Labute approximate surface area is 79.2 Å². The predicted molar refractivity (Wildman–Crippen MR) is 48.5 cm³/mol. The van der Waals surface area contributed by atoms with E-state index in [-0.39, 0.29) is 12.1 Å². The summed E-state index contributed by atoms with van der Waals surface area (Å²) in [4.78, 5) is 10.3. The maximum atomic E-state index is 10.3. The number of ether oxygens (including phenoxy) is 3. The molecule has 0 aromatic rings. The van der Waals surface area contributed by atoms with Gasteiger partial charge in [0.25, 0.3) is 0 Å². The minimum Gasteiger partial charge on any atom is -0.463 e. The lowest BCUT2D eigenvalue weighted by molar-refractivity contribution is -0.142. The van der Waals surface area contributed by atoms with E-state index in [2.05, 4.69) is 4.74 Å². The Morgan fingerprint density at radius 3 is 2.31 bits per heavy atom. The van der Waals surface area contributed by atoms with Crippen molar-refractivity contribution in [2.24, 2.45) is 0 Å². The minimum absolute atomic E-state index is 0.233. The summed E-state index contributed by atoms with van der Waals surface area (Å²) in [5.41, 5.74) is 0. The van der Waals surface area contributed by atoms with Crippen molar-refractivity contribution in [2.45, 2.75) is 26.9 Å². The molecule has 0 fully saturated rings. The molecule has 0 aliphatic carbocycles. The fraction of sp³-hybridized carbons (Fsp3) is 0.889. The molecule has 0 N–H and O–H groups in total. The highest BCUT2D eigenvalue weighted by Crippen LogP contribution is 1.87. The highest BCUT2D eigenvalue weighted by Gasteiger charge is 1.94. The summed E-state index contributed by atoms with van der Waals surface area (Å²) in [5, 5.41) is 0. The molecule has 0 atom stereocenters. The molecule has 0 aromatic heterocycles. The summed E-state index contributed by atoms with van der Waals surface area (Å²) >= 11 is 0. The van der Waals surface area contributed by atoms with Crippen molar-refractivity contribution >= 4 is 5.97 Å². The quantitative estimate of drug-likeness (QED) is 0.443. The summed E-state index contributed by atoms with van der Waals surface area (Å²) in [6, 6.07) is 0. The summed E-state index contributed by atoms with van der Waals surface area (Å²) in [6.07, 6.45) is 0.233. The Morgan fingerprint density at radius 2 is 1.77 bits per heavy atom. The number of carbonyl (C=O) groups excluding carboxylic acids is 1. The summed E-state index contributed by atoms with van der Waals surface area (Å²) in [6.45, 7) is 7.19. The molecule has 78 valence electrons. The van der Waals surface area contributed by atoms with Gasteiger partial charge >= 0.3 is 5.97 Å². The van der Waals surface area contributed by atoms with Gasteiger partial charge in [-0.05, 0) is 13.8 Å². The molecule has 0 aromatic carbocycles.